The molecule has 0 saturated carbocycles. The largest absolute Gasteiger partial charge is 0.496 e. The van der Waals surface area contributed by atoms with Gasteiger partial charge >= 0.3 is 6.18 Å². The van der Waals surface area contributed by atoms with Crippen molar-refractivity contribution in [2.24, 2.45) is 0 Å². The Morgan fingerprint density at radius 2 is 1.67 bits per heavy atom. The molecule has 0 aliphatic rings. The van der Waals surface area contributed by atoms with Crippen LogP contribution >= 0.6 is 11.6 Å². The third-order valence-electron chi connectivity index (χ3n) is 3.33. The van der Waals surface area contributed by atoms with E-state index in [9.17, 15) is 22.7 Å². The summed E-state index contributed by atoms with van der Waals surface area (Å²) in [5.41, 5.74) is -2.09. The van der Waals surface area contributed by atoms with Gasteiger partial charge in [-0.3, -0.25) is 0 Å². The highest BCUT2D eigenvalue weighted by molar-refractivity contribution is 6.30. The quantitative estimate of drug-likeness (QED) is 0.747. The molecule has 2 nitrogen and oxygen atoms in total. The van der Waals surface area contributed by atoms with Gasteiger partial charge in [0.2, 0.25) is 0 Å². The molecule has 0 radical (unpaired) electrons. The van der Waals surface area contributed by atoms with E-state index >= 15 is 0 Å². The number of aliphatic hydroxyl groups excluding tert-OH is 1. The molecule has 24 heavy (non-hydrogen) atoms. The fourth-order valence-corrected chi connectivity index (χ4v) is 2.35. The zero-order valence-electron chi connectivity index (χ0n) is 12.4. The zero-order chi connectivity index (χ0) is 17.9. The van der Waals surface area contributed by atoms with Gasteiger partial charge in [-0.1, -0.05) is 41.9 Å². The minimum Gasteiger partial charge on any atom is -0.496 e. The van der Waals surface area contributed by atoms with Crippen LogP contribution in [-0.2, 0) is 0 Å². The number of allylic oxidation sites excluding steroid dienone is 1. The Morgan fingerprint density at radius 3 is 2.21 bits per heavy atom. The van der Waals surface area contributed by atoms with E-state index in [1.54, 1.807) is 6.07 Å². The number of hydrogen-bond acceptors (Lipinski definition) is 2. The summed E-state index contributed by atoms with van der Waals surface area (Å²) >= 11 is 5.65. The van der Waals surface area contributed by atoms with Crippen molar-refractivity contribution >= 4 is 17.2 Å². The van der Waals surface area contributed by atoms with Crippen molar-refractivity contribution in [1.82, 2.24) is 0 Å². The van der Waals surface area contributed by atoms with E-state index in [4.69, 9.17) is 16.3 Å². The van der Waals surface area contributed by atoms with Crippen molar-refractivity contribution in [2.75, 3.05) is 7.11 Å². The fourth-order valence-electron chi connectivity index (χ4n) is 2.22. The molecule has 128 valence electrons. The van der Waals surface area contributed by atoms with Crippen LogP contribution in [0.2, 0.25) is 5.02 Å². The number of methoxy groups -OCH3 is 1. The Labute approximate surface area is 140 Å². The van der Waals surface area contributed by atoms with Gasteiger partial charge in [0.25, 0.3) is 0 Å². The Morgan fingerprint density at radius 1 is 1.08 bits per heavy atom. The van der Waals surface area contributed by atoms with Crippen LogP contribution in [0.5, 0.6) is 5.75 Å². The van der Waals surface area contributed by atoms with Gasteiger partial charge in [0.05, 0.1) is 12.7 Å². The number of para-hydroxylation sites is 1. The fraction of sp³-hybridized carbons (Fsp3) is 0.176. The molecule has 2 aromatic rings. The van der Waals surface area contributed by atoms with Gasteiger partial charge in [0.15, 0.2) is 0 Å². The molecule has 1 N–H and O–H groups in total. The second-order valence-electron chi connectivity index (χ2n) is 4.87. The first-order chi connectivity index (χ1) is 11.3. The molecule has 0 saturated heterocycles. The monoisotopic (exact) mass is 360 g/mol. The zero-order valence-corrected chi connectivity index (χ0v) is 13.2. The number of hydrogen-bond donors (Lipinski definition) is 1. The average Bonchev–Trinajstić information content (AvgIpc) is 2.54. The van der Waals surface area contributed by atoms with Crippen molar-refractivity contribution in [2.45, 2.75) is 12.3 Å². The number of rotatable bonds is 4. The van der Waals surface area contributed by atoms with E-state index in [1.165, 1.54) is 37.4 Å². The van der Waals surface area contributed by atoms with Crippen LogP contribution in [0.4, 0.5) is 17.6 Å². The summed E-state index contributed by atoms with van der Waals surface area (Å²) in [7, 11) is 1.27. The lowest BCUT2D eigenvalue weighted by Crippen LogP contribution is -2.15. The molecule has 0 fully saturated rings. The highest BCUT2D eigenvalue weighted by atomic mass is 35.5. The number of ether oxygens (including phenoxy) is 1. The maximum absolute atomic E-state index is 14.6. The summed E-state index contributed by atoms with van der Waals surface area (Å²) in [6.07, 6.45) is -7.12. The van der Waals surface area contributed by atoms with Gasteiger partial charge < -0.3 is 9.84 Å². The molecule has 1 unspecified atom stereocenters. The normalized spacial score (nSPS) is 14.1. The van der Waals surface area contributed by atoms with Crippen molar-refractivity contribution in [3.8, 4) is 5.75 Å². The van der Waals surface area contributed by atoms with Crippen LogP contribution in [0.1, 0.15) is 17.2 Å². The second-order valence-corrected chi connectivity index (χ2v) is 5.31. The molecule has 7 heteroatoms. The minimum atomic E-state index is -5.00. The molecule has 0 aliphatic carbocycles. The van der Waals surface area contributed by atoms with Gasteiger partial charge in [0, 0.05) is 10.6 Å². The van der Waals surface area contributed by atoms with Crippen LogP contribution in [-0.4, -0.2) is 18.4 Å². The smallest absolute Gasteiger partial charge is 0.419 e. The first-order valence-electron chi connectivity index (χ1n) is 6.79. The molecular formula is C17H13ClF4O2. The summed E-state index contributed by atoms with van der Waals surface area (Å²) in [5, 5.41) is 10.3. The highest BCUT2D eigenvalue weighted by Gasteiger charge is 2.40. The maximum atomic E-state index is 14.6. The van der Waals surface area contributed by atoms with E-state index in [2.05, 4.69) is 0 Å². The summed E-state index contributed by atoms with van der Waals surface area (Å²) in [5.74, 6) is -1.63. The van der Waals surface area contributed by atoms with Crippen LogP contribution in [0, 0.1) is 0 Å². The molecule has 2 aromatic carbocycles. The Balaban J connectivity index is 2.59. The number of alkyl halides is 3. The average molecular weight is 361 g/mol. The van der Waals surface area contributed by atoms with Gasteiger partial charge in [0.1, 0.15) is 17.7 Å². The Kier molecular flexibility index (Phi) is 5.51. The molecule has 2 rings (SSSR count). The van der Waals surface area contributed by atoms with E-state index in [0.717, 1.165) is 12.1 Å². The summed E-state index contributed by atoms with van der Waals surface area (Å²) in [6.45, 7) is 0. The van der Waals surface area contributed by atoms with Crippen molar-refractivity contribution < 1.29 is 27.4 Å². The predicted octanol–water partition coefficient (Wildman–Crippen LogP) is 5.33. The maximum Gasteiger partial charge on any atom is 0.419 e. The standard InChI is InChI=1S/C17H13ClF4O2/c1-24-13-5-3-2-4-12(13)16(23)15(19)14(17(20,21)22)10-6-8-11(18)9-7-10/h2-9,16,23H,1H3/b15-14+. The molecule has 0 bridgehead atoms. The third kappa shape index (κ3) is 3.88. The van der Waals surface area contributed by atoms with Crippen molar-refractivity contribution in [3.63, 3.8) is 0 Å². The molecular weight excluding hydrogens is 348 g/mol. The van der Waals surface area contributed by atoms with Gasteiger partial charge in [-0.2, -0.15) is 13.2 Å². The van der Waals surface area contributed by atoms with Crippen LogP contribution < -0.4 is 4.74 Å². The SMILES string of the molecule is COc1ccccc1C(O)/C(F)=C(/c1ccc(Cl)cc1)C(F)(F)F. The van der Waals surface area contributed by atoms with Crippen molar-refractivity contribution in [3.05, 3.63) is 70.5 Å². The predicted molar refractivity (Wildman–Crippen MR) is 83.5 cm³/mol. The lowest BCUT2D eigenvalue weighted by atomic mass is 9.98. The minimum absolute atomic E-state index is 0.0813. The first kappa shape index (κ1) is 18.3. The van der Waals surface area contributed by atoms with E-state index in [1.807, 2.05) is 0 Å². The summed E-state index contributed by atoms with van der Waals surface area (Å²) < 4.78 is 59.5. The topological polar surface area (TPSA) is 29.5 Å². The third-order valence-corrected chi connectivity index (χ3v) is 3.58. The van der Waals surface area contributed by atoms with E-state index < -0.39 is 29.2 Å². The van der Waals surface area contributed by atoms with Gasteiger partial charge in [-0.25, -0.2) is 4.39 Å². The molecule has 0 aromatic heterocycles. The molecule has 0 aliphatic heterocycles. The van der Waals surface area contributed by atoms with Crippen LogP contribution in [0.25, 0.3) is 5.57 Å². The highest BCUT2D eigenvalue weighted by Crippen LogP contribution is 2.42. The molecule has 0 spiro atoms. The number of aliphatic hydroxyl groups is 1. The summed E-state index contributed by atoms with van der Waals surface area (Å²) in [4.78, 5) is 0. The van der Waals surface area contributed by atoms with Crippen molar-refractivity contribution in [1.29, 1.82) is 0 Å². The van der Waals surface area contributed by atoms with Gasteiger partial charge in [-0.15, -0.1) is 0 Å². The molecule has 0 heterocycles. The molecule has 0 amide bonds. The second kappa shape index (κ2) is 7.23. The Hall–Kier alpha value is -2.05. The van der Waals surface area contributed by atoms with E-state index in [-0.39, 0.29) is 16.3 Å². The first-order valence-corrected chi connectivity index (χ1v) is 7.17. The van der Waals surface area contributed by atoms with E-state index in [0.29, 0.717) is 0 Å². The molecule has 1 atom stereocenters. The number of benzene rings is 2. The Bertz CT molecular complexity index is 739. The van der Waals surface area contributed by atoms with Crippen LogP contribution in [0.3, 0.4) is 0 Å². The number of halogens is 5. The van der Waals surface area contributed by atoms with Gasteiger partial charge in [-0.05, 0) is 23.8 Å². The summed E-state index contributed by atoms with van der Waals surface area (Å²) in [6, 6.07) is 10.2. The van der Waals surface area contributed by atoms with Crippen LogP contribution in [0.15, 0.2) is 54.4 Å². The lowest BCUT2D eigenvalue weighted by molar-refractivity contribution is -0.0711. The lowest BCUT2D eigenvalue weighted by Gasteiger charge is -2.18.